The Morgan fingerprint density at radius 1 is 1.22 bits per heavy atom. The van der Waals surface area contributed by atoms with Crippen LogP contribution in [0.3, 0.4) is 0 Å². The zero-order valence-electron chi connectivity index (χ0n) is 11.7. The maximum absolute atomic E-state index is 12.3. The summed E-state index contributed by atoms with van der Waals surface area (Å²) in [5.41, 5.74) is 2.14. The minimum Gasteiger partial charge on any atom is -0.370 e. The Hall–Kier alpha value is -1.15. The van der Waals surface area contributed by atoms with Crippen molar-refractivity contribution < 1.29 is 9.53 Å². The van der Waals surface area contributed by atoms with Gasteiger partial charge in [0.05, 0.1) is 0 Å². The van der Waals surface area contributed by atoms with Crippen LogP contribution in [0.5, 0.6) is 0 Å². The molecule has 1 heterocycles. The Bertz CT molecular complexity index is 425. The van der Waals surface area contributed by atoms with Gasteiger partial charge in [0.15, 0.2) is 5.78 Å². The van der Waals surface area contributed by atoms with Gasteiger partial charge in [-0.2, -0.15) is 0 Å². The highest BCUT2D eigenvalue weighted by molar-refractivity contribution is 5.99. The zero-order valence-corrected chi connectivity index (χ0v) is 11.7. The third kappa shape index (κ3) is 2.64. The van der Waals surface area contributed by atoms with E-state index in [0.717, 1.165) is 12.0 Å². The van der Waals surface area contributed by atoms with Crippen LogP contribution < -0.4 is 0 Å². The zero-order chi connectivity index (χ0) is 13.3. The van der Waals surface area contributed by atoms with Gasteiger partial charge < -0.3 is 4.74 Å². The Labute approximate surface area is 109 Å². The molecule has 1 fully saturated rings. The van der Waals surface area contributed by atoms with Crippen molar-refractivity contribution in [1.29, 1.82) is 0 Å². The standard InChI is InChI=1S/C16H22O2/c1-11-9-10-18-15(11)14(17)12-5-7-13(8-6-12)16(2,3)4/h5-8,11,15H,9-10H2,1-4H3. The first-order valence-corrected chi connectivity index (χ1v) is 6.66. The average Bonchev–Trinajstić information content (AvgIpc) is 2.73. The van der Waals surface area contributed by atoms with Gasteiger partial charge in [-0.15, -0.1) is 0 Å². The van der Waals surface area contributed by atoms with Crippen molar-refractivity contribution in [3.05, 3.63) is 35.4 Å². The van der Waals surface area contributed by atoms with Crippen LogP contribution in [0, 0.1) is 5.92 Å². The smallest absolute Gasteiger partial charge is 0.191 e. The summed E-state index contributed by atoms with van der Waals surface area (Å²) in [6.45, 7) is 9.31. The second kappa shape index (κ2) is 4.85. The number of hydrogen-bond acceptors (Lipinski definition) is 2. The Balaban J connectivity index is 2.17. The van der Waals surface area contributed by atoms with Gasteiger partial charge in [0.25, 0.3) is 0 Å². The van der Waals surface area contributed by atoms with Gasteiger partial charge >= 0.3 is 0 Å². The van der Waals surface area contributed by atoms with Gasteiger partial charge in [0.1, 0.15) is 6.10 Å². The largest absolute Gasteiger partial charge is 0.370 e. The number of ketones is 1. The van der Waals surface area contributed by atoms with Crippen LogP contribution in [0.25, 0.3) is 0 Å². The molecule has 2 nitrogen and oxygen atoms in total. The van der Waals surface area contributed by atoms with Gasteiger partial charge in [0, 0.05) is 12.2 Å². The fourth-order valence-corrected chi connectivity index (χ4v) is 2.33. The van der Waals surface area contributed by atoms with Gasteiger partial charge in [-0.1, -0.05) is 52.0 Å². The van der Waals surface area contributed by atoms with Crippen molar-refractivity contribution in [2.75, 3.05) is 6.61 Å². The number of ether oxygens (including phenoxy) is 1. The SMILES string of the molecule is CC1CCOC1C(=O)c1ccc(C(C)(C)C)cc1. The predicted octanol–water partition coefficient (Wildman–Crippen LogP) is 3.59. The molecule has 1 aliphatic rings. The summed E-state index contributed by atoms with van der Waals surface area (Å²) >= 11 is 0. The topological polar surface area (TPSA) is 26.3 Å². The van der Waals surface area contributed by atoms with Gasteiger partial charge in [-0.3, -0.25) is 4.79 Å². The lowest BCUT2D eigenvalue weighted by Gasteiger charge is -2.19. The van der Waals surface area contributed by atoms with Crippen LogP contribution >= 0.6 is 0 Å². The molecule has 0 N–H and O–H groups in total. The van der Waals surface area contributed by atoms with E-state index in [2.05, 4.69) is 27.7 Å². The number of hydrogen-bond donors (Lipinski definition) is 0. The van der Waals surface area contributed by atoms with Crippen LogP contribution in [0.15, 0.2) is 24.3 Å². The molecule has 0 spiro atoms. The molecule has 1 saturated heterocycles. The molecule has 1 aromatic carbocycles. The first kappa shape index (κ1) is 13.3. The minimum absolute atomic E-state index is 0.124. The summed E-state index contributed by atoms with van der Waals surface area (Å²) in [5, 5.41) is 0. The first-order chi connectivity index (χ1) is 8.39. The van der Waals surface area contributed by atoms with Crippen LogP contribution in [-0.4, -0.2) is 18.5 Å². The van der Waals surface area contributed by atoms with Gasteiger partial charge in [-0.25, -0.2) is 0 Å². The van der Waals surface area contributed by atoms with E-state index in [4.69, 9.17) is 4.74 Å². The molecule has 2 unspecified atom stereocenters. The molecule has 1 aliphatic heterocycles. The molecule has 0 saturated carbocycles. The van der Waals surface area contributed by atoms with Gasteiger partial charge in [-0.05, 0) is 23.3 Å². The highest BCUT2D eigenvalue weighted by Gasteiger charge is 2.31. The normalized spacial score (nSPS) is 24.2. The molecular weight excluding hydrogens is 224 g/mol. The molecule has 2 heteroatoms. The summed E-state index contributed by atoms with van der Waals surface area (Å²) in [6, 6.07) is 7.95. The van der Waals surface area contributed by atoms with Crippen molar-refractivity contribution in [2.45, 2.75) is 45.6 Å². The van der Waals surface area contributed by atoms with Crippen molar-refractivity contribution >= 4 is 5.78 Å². The molecule has 2 rings (SSSR count). The van der Waals surface area contributed by atoms with E-state index in [1.807, 2.05) is 24.3 Å². The lowest BCUT2D eigenvalue weighted by molar-refractivity contribution is 0.0579. The van der Waals surface area contributed by atoms with E-state index in [9.17, 15) is 4.79 Å². The Morgan fingerprint density at radius 2 is 1.83 bits per heavy atom. The molecule has 2 atom stereocenters. The molecule has 0 aliphatic carbocycles. The molecule has 98 valence electrons. The van der Waals surface area contributed by atoms with Crippen LogP contribution in [0.2, 0.25) is 0 Å². The third-order valence-electron chi connectivity index (χ3n) is 3.68. The highest BCUT2D eigenvalue weighted by atomic mass is 16.5. The second-order valence-corrected chi connectivity index (χ2v) is 6.25. The molecule has 0 bridgehead atoms. The lowest BCUT2D eigenvalue weighted by Crippen LogP contribution is -2.25. The van der Waals surface area contributed by atoms with Crippen molar-refractivity contribution in [3.8, 4) is 0 Å². The average molecular weight is 246 g/mol. The number of carbonyl (C=O) groups excluding carboxylic acids is 1. The van der Waals surface area contributed by atoms with Crippen molar-refractivity contribution in [2.24, 2.45) is 5.92 Å². The molecular formula is C16H22O2. The minimum atomic E-state index is -0.245. The maximum atomic E-state index is 12.3. The van der Waals surface area contributed by atoms with E-state index in [1.165, 1.54) is 5.56 Å². The Morgan fingerprint density at radius 3 is 2.28 bits per heavy atom. The number of carbonyl (C=O) groups is 1. The van der Waals surface area contributed by atoms with E-state index in [1.54, 1.807) is 0 Å². The van der Waals surface area contributed by atoms with Crippen molar-refractivity contribution in [3.63, 3.8) is 0 Å². The fraction of sp³-hybridized carbons (Fsp3) is 0.562. The lowest BCUT2D eigenvalue weighted by atomic mass is 9.86. The van der Waals surface area contributed by atoms with E-state index < -0.39 is 0 Å². The molecule has 18 heavy (non-hydrogen) atoms. The van der Waals surface area contributed by atoms with Crippen LogP contribution in [0.1, 0.15) is 50.0 Å². The van der Waals surface area contributed by atoms with Crippen LogP contribution in [0.4, 0.5) is 0 Å². The molecule has 0 aromatic heterocycles. The summed E-state index contributed by atoms with van der Waals surface area (Å²) in [5.74, 6) is 0.459. The molecule has 0 radical (unpaired) electrons. The quantitative estimate of drug-likeness (QED) is 0.745. The maximum Gasteiger partial charge on any atom is 0.191 e. The fourth-order valence-electron chi connectivity index (χ4n) is 2.33. The molecule has 0 amide bonds. The summed E-state index contributed by atoms with van der Waals surface area (Å²) in [6.07, 6.45) is 0.738. The summed E-state index contributed by atoms with van der Waals surface area (Å²) in [7, 11) is 0. The second-order valence-electron chi connectivity index (χ2n) is 6.25. The van der Waals surface area contributed by atoms with Gasteiger partial charge in [0.2, 0.25) is 0 Å². The Kier molecular flexibility index (Phi) is 3.58. The van der Waals surface area contributed by atoms with Crippen LogP contribution in [-0.2, 0) is 10.2 Å². The highest BCUT2D eigenvalue weighted by Crippen LogP contribution is 2.26. The van der Waals surface area contributed by atoms with E-state index in [0.29, 0.717) is 12.5 Å². The number of rotatable bonds is 2. The number of benzene rings is 1. The monoisotopic (exact) mass is 246 g/mol. The molecule has 1 aromatic rings. The van der Waals surface area contributed by atoms with Crippen molar-refractivity contribution in [1.82, 2.24) is 0 Å². The summed E-state index contributed by atoms with van der Waals surface area (Å²) in [4.78, 5) is 12.3. The first-order valence-electron chi connectivity index (χ1n) is 6.66. The number of Topliss-reactive ketones (excluding diaryl/α,β-unsaturated/α-hetero) is 1. The third-order valence-corrected chi connectivity index (χ3v) is 3.68. The van der Waals surface area contributed by atoms with E-state index >= 15 is 0 Å². The predicted molar refractivity (Wildman–Crippen MR) is 73.0 cm³/mol. The summed E-state index contributed by atoms with van der Waals surface area (Å²) < 4.78 is 5.53. The van der Waals surface area contributed by atoms with E-state index in [-0.39, 0.29) is 17.3 Å².